The molecule has 1 aromatic carbocycles. The van der Waals surface area contributed by atoms with Gasteiger partial charge in [-0.15, -0.1) is 10.2 Å². The Balaban J connectivity index is 1.61. The Hall–Kier alpha value is -2.52. The molecular weight excluding hydrogens is 378 g/mol. The fraction of sp³-hybridized carbons (Fsp3) is 0.421. The molecular formula is C19H23N5O3S. The minimum absolute atomic E-state index is 0.224. The van der Waals surface area contributed by atoms with Gasteiger partial charge in [-0.05, 0) is 38.8 Å². The maximum Gasteiger partial charge on any atom is 0.247 e. The van der Waals surface area contributed by atoms with E-state index in [1.165, 1.54) is 0 Å². The van der Waals surface area contributed by atoms with Gasteiger partial charge in [-0.2, -0.15) is 9.40 Å². The Morgan fingerprint density at radius 3 is 2.46 bits per heavy atom. The first-order valence-electron chi connectivity index (χ1n) is 9.39. The molecule has 0 aliphatic carbocycles. The number of sulfonamides is 1. The summed E-state index contributed by atoms with van der Waals surface area (Å²) in [6.45, 7) is 4.85. The maximum absolute atomic E-state index is 13.1. The summed E-state index contributed by atoms with van der Waals surface area (Å²) in [5.74, 6) is 0.810. The summed E-state index contributed by atoms with van der Waals surface area (Å²) >= 11 is 0. The number of nitrogens with zero attached hydrogens (tertiary/aromatic N) is 5. The molecule has 1 fully saturated rings. The van der Waals surface area contributed by atoms with E-state index in [2.05, 4.69) is 15.3 Å². The van der Waals surface area contributed by atoms with Crippen LogP contribution in [-0.4, -0.2) is 45.8 Å². The lowest BCUT2D eigenvalue weighted by molar-refractivity contribution is 0.346. The zero-order valence-electron chi connectivity index (χ0n) is 16.0. The first-order valence-corrected chi connectivity index (χ1v) is 10.8. The molecule has 0 atom stereocenters. The van der Waals surface area contributed by atoms with Crippen LogP contribution in [0.1, 0.15) is 36.5 Å². The topological polar surface area (TPSA) is 94.1 Å². The van der Waals surface area contributed by atoms with Crippen molar-refractivity contribution in [1.82, 2.24) is 24.3 Å². The quantitative estimate of drug-likeness (QED) is 0.652. The van der Waals surface area contributed by atoms with Gasteiger partial charge < -0.3 is 4.42 Å². The van der Waals surface area contributed by atoms with Crippen molar-refractivity contribution < 1.29 is 12.8 Å². The summed E-state index contributed by atoms with van der Waals surface area (Å²) in [4.78, 5) is 0.289. The van der Waals surface area contributed by atoms with Crippen LogP contribution in [0.3, 0.4) is 0 Å². The van der Waals surface area contributed by atoms with E-state index in [-0.39, 0.29) is 11.4 Å². The number of piperidine rings is 1. The highest BCUT2D eigenvalue weighted by molar-refractivity contribution is 7.89. The van der Waals surface area contributed by atoms with Gasteiger partial charge in [0.2, 0.25) is 21.8 Å². The summed E-state index contributed by atoms with van der Waals surface area (Å²) < 4.78 is 35.1. The molecule has 0 unspecified atom stereocenters. The van der Waals surface area contributed by atoms with E-state index < -0.39 is 10.0 Å². The van der Waals surface area contributed by atoms with Gasteiger partial charge in [-0.1, -0.05) is 24.6 Å². The van der Waals surface area contributed by atoms with Gasteiger partial charge in [0.1, 0.15) is 11.4 Å². The third-order valence-electron chi connectivity index (χ3n) is 5.00. The normalized spacial score (nSPS) is 15.8. The second kappa shape index (κ2) is 7.48. The average molecular weight is 401 g/mol. The van der Waals surface area contributed by atoms with Gasteiger partial charge in [0.05, 0.1) is 11.4 Å². The second-order valence-corrected chi connectivity index (χ2v) is 8.86. The van der Waals surface area contributed by atoms with Crippen molar-refractivity contribution in [3.63, 3.8) is 0 Å². The molecule has 0 radical (unpaired) electrons. The number of aryl methyl sites for hydroxylation is 1. The third-order valence-corrected chi connectivity index (χ3v) is 7.15. The summed E-state index contributed by atoms with van der Waals surface area (Å²) in [5, 5.41) is 12.6. The van der Waals surface area contributed by atoms with Gasteiger partial charge in [-0.3, -0.25) is 4.68 Å². The van der Waals surface area contributed by atoms with Crippen LogP contribution in [0.25, 0.3) is 11.5 Å². The highest BCUT2D eigenvalue weighted by atomic mass is 32.2. The van der Waals surface area contributed by atoms with Crippen LogP contribution in [0.2, 0.25) is 0 Å². The van der Waals surface area contributed by atoms with Gasteiger partial charge >= 0.3 is 0 Å². The molecule has 9 heteroatoms. The van der Waals surface area contributed by atoms with Crippen LogP contribution >= 0.6 is 0 Å². The van der Waals surface area contributed by atoms with Crippen molar-refractivity contribution in [2.24, 2.45) is 0 Å². The molecule has 148 valence electrons. The van der Waals surface area contributed by atoms with Crippen LogP contribution in [0, 0.1) is 13.8 Å². The van der Waals surface area contributed by atoms with E-state index in [4.69, 9.17) is 4.42 Å². The van der Waals surface area contributed by atoms with Crippen molar-refractivity contribution in [2.45, 2.75) is 44.6 Å². The summed E-state index contributed by atoms with van der Waals surface area (Å²) in [7, 11) is -3.55. The molecule has 0 amide bonds. The SMILES string of the molecule is Cc1nn(Cc2nnc(-c3ccccc3)o2)c(C)c1S(=O)(=O)N1CCCCC1. The lowest BCUT2D eigenvalue weighted by Crippen LogP contribution is -2.36. The van der Waals surface area contributed by atoms with E-state index in [1.54, 1.807) is 22.8 Å². The Labute approximate surface area is 164 Å². The number of hydrogen-bond donors (Lipinski definition) is 0. The standard InChI is InChI=1S/C19H23N5O3S/c1-14-18(28(25,26)23-11-7-4-8-12-23)15(2)24(22-14)13-17-20-21-19(27-17)16-9-5-3-6-10-16/h3,5-6,9-10H,4,7-8,11-13H2,1-2H3. The van der Waals surface area contributed by atoms with Crippen LogP contribution in [-0.2, 0) is 16.6 Å². The predicted molar refractivity (Wildman–Crippen MR) is 103 cm³/mol. The zero-order chi connectivity index (χ0) is 19.7. The summed E-state index contributed by atoms with van der Waals surface area (Å²) in [5.41, 5.74) is 1.91. The molecule has 2 aromatic heterocycles. The molecule has 0 spiro atoms. The number of aromatic nitrogens is 4. The first-order chi connectivity index (χ1) is 13.5. The summed E-state index contributed by atoms with van der Waals surface area (Å²) in [6.07, 6.45) is 2.87. The van der Waals surface area contributed by atoms with Gasteiger partial charge in [0.25, 0.3) is 0 Å². The van der Waals surface area contributed by atoms with E-state index in [9.17, 15) is 8.42 Å². The molecule has 0 N–H and O–H groups in total. The maximum atomic E-state index is 13.1. The van der Waals surface area contributed by atoms with Gasteiger partial charge in [-0.25, -0.2) is 8.42 Å². The predicted octanol–water partition coefficient (Wildman–Crippen LogP) is 2.77. The molecule has 3 aromatic rings. The second-order valence-electron chi connectivity index (χ2n) is 6.99. The Morgan fingerprint density at radius 1 is 1.04 bits per heavy atom. The van der Waals surface area contributed by atoms with Crippen molar-refractivity contribution in [2.75, 3.05) is 13.1 Å². The molecule has 1 saturated heterocycles. The molecule has 0 bridgehead atoms. The first kappa shape index (κ1) is 18.8. The molecule has 3 heterocycles. The largest absolute Gasteiger partial charge is 0.419 e. The molecule has 1 aliphatic rings. The molecule has 8 nitrogen and oxygen atoms in total. The zero-order valence-corrected chi connectivity index (χ0v) is 16.8. The smallest absolute Gasteiger partial charge is 0.247 e. The minimum Gasteiger partial charge on any atom is -0.419 e. The molecule has 4 rings (SSSR count). The fourth-order valence-electron chi connectivity index (χ4n) is 3.59. The molecule has 28 heavy (non-hydrogen) atoms. The highest BCUT2D eigenvalue weighted by Gasteiger charge is 2.32. The van der Waals surface area contributed by atoms with Crippen molar-refractivity contribution >= 4 is 10.0 Å². The number of hydrogen-bond acceptors (Lipinski definition) is 6. The Morgan fingerprint density at radius 2 is 1.75 bits per heavy atom. The number of rotatable bonds is 5. The Kier molecular flexibility index (Phi) is 5.03. The number of benzene rings is 1. The lowest BCUT2D eigenvalue weighted by atomic mass is 10.2. The summed E-state index contributed by atoms with van der Waals surface area (Å²) in [6, 6.07) is 9.50. The van der Waals surface area contributed by atoms with E-state index in [1.807, 2.05) is 30.3 Å². The minimum atomic E-state index is -3.55. The van der Waals surface area contributed by atoms with Crippen molar-refractivity contribution in [1.29, 1.82) is 0 Å². The van der Waals surface area contributed by atoms with Crippen LogP contribution in [0.5, 0.6) is 0 Å². The average Bonchev–Trinajstić information content (AvgIpc) is 3.28. The van der Waals surface area contributed by atoms with E-state index in [0.29, 0.717) is 36.3 Å². The lowest BCUT2D eigenvalue weighted by Gasteiger charge is -2.25. The Bertz CT molecular complexity index is 1070. The van der Waals surface area contributed by atoms with Crippen LogP contribution in [0.4, 0.5) is 0 Å². The van der Waals surface area contributed by atoms with Crippen molar-refractivity contribution in [3.05, 3.63) is 47.6 Å². The molecule has 0 saturated carbocycles. The van der Waals surface area contributed by atoms with E-state index in [0.717, 1.165) is 24.8 Å². The van der Waals surface area contributed by atoms with Gasteiger partial charge in [0.15, 0.2) is 0 Å². The van der Waals surface area contributed by atoms with Crippen molar-refractivity contribution in [3.8, 4) is 11.5 Å². The monoisotopic (exact) mass is 401 g/mol. The van der Waals surface area contributed by atoms with E-state index >= 15 is 0 Å². The molecule has 1 aliphatic heterocycles. The fourth-order valence-corrected chi connectivity index (χ4v) is 5.48. The van der Waals surface area contributed by atoms with Crippen LogP contribution < -0.4 is 0 Å². The highest BCUT2D eigenvalue weighted by Crippen LogP contribution is 2.26. The van der Waals surface area contributed by atoms with Crippen LogP contribution in [0.15, 0.2) is 39.6 Å². The third kappa shape index (κ3) is 3.47. The van der Waals surface area contributed by atoms with Gasteiger partial charge in [0, 0.05) is 18.7 Å².